The van der Waals surface area contributed by atoms with E-state index in [4.69, 9.17) is 4.74 Å². The fourth-order valence-corrected chi connectivity index (χ4v) is 6.05. The molecule has 0 spiro atoms. The lowest BCUT2D eigenvalue weighted by Gasteiger charge is -2.36. The lowest BCUT2D eigenvalue weighted by molar-refractivity contribution is 0.0305. The molecule has 6 heteroatoms. The minimum absolute atomic E-state index is 0.175. The standard InChI is InChI=1S/C25H29N3O2S/c29-25(27-12-14-30-15-13-27)24-22(21-8-1-2-9-23(21)31-24)16-20-7-3-4-11-28(20)18-19-6-5-10-26-17-19/h1-2,5-6,8-10,17,20H,3-4,7,11-16,18H2/t20-/m1/s1. The van der Waals surface area contributed by atoms with Crippen molar-refractivity contribution < 1.29 is 9.53 Å². The van der Waals surface area contributed by atoms with Crippen molar-refractivity contribution in [3.63, 3.8) is 0 Å². The summed E-state index contributed by atoms with van der Waals surface area (Å²) >= 11 is 1.66. The fraction of sp³-hybridized carbons (Fsp3) is 0.440. The number of aromatic nitrogens is 1. The van der Waals surface area contributed by atoms with Crippen molar-refractivity contribution in [1.29, 1.82) is 0 Å². The topological polar surface area (TPSA) is 45.7 Å². The van der Waals surface area contributed by atoms with E-state index in [1.54, 1.807) is 11.3 Å². The Balaban J connectivity index is 1.44. The SMILES string of the molecule is O=C(c1sc2ccccc2c1C[C@H]1CCCCN1Cc1cccnc1)N1CCOCC1. The van der Waals surface area contributed by atoms with Crippen molar-refractivity contribution >= 4 is 27.3 Å². The zero-order valence-corrected chi connectivity index (χ0v) is 18.7. The highest BCUT2D eigenvalue weighted by Crippen LogP contribution is 2.35. The molecule has 0 unspecified atom stereocenters. The molecule has 0 N–H and O–H groups in total. The number of carbonyl (C=O) groups excluding carboxylic acids is 1. The predicted molar refractivity (Wildman–Crippen MR) is 125 cm³/mol. The Bertz CT molecular complexity index is 1030. The van der Waals surface area contributed by atoms with Crippen molar-refractivity contribution in [3.05, 3.63) is 64.8 Å². The van der Waals surface area contributed by atoms with Crippen LogP contribution >= 0.6 is 11.3 Å². The van der Waals surface area contributed by atoms with Crippen LogP contribution in [0.25, 0.3) is 10.1 Å². The minimum atomic E-state index is 0.175. The molecule has 1 atom stereocenters. The predicted octanol–water partition coefficient (Wildman–Crippen LogP) is 4.37. The monoisotopic (exact) mass is 435 g/mol. The van der Waals surface area contributed by atoms with Gasteiger partial charge in [0.15, 0.2) is 0 Å². The molecule has 1 aromatic carbocycles. The molecule has 0 radical (unpaired) electrons. The highest BCUT2D eigenvalue weighted by atomic mass is 32.1. The molecule has 5 nitrogen and oxygen atoms in total. The van der Waals surface area contributed by atoms with Crippen LogP contribution in [0, 0.1) is 0 Å². The highest BCUT2D eigenvalue weighted by molar-refractivity contribution is 7.21. The smallest absolute Gasteiger partial charge is 0.264 e. The first kappa shape index (κ1) is 20.6. The molecule has 162 valence electrons. The number of nitrogens with zero attached hydrogens (tertiary/aromatic N) is 3. The summed E-state index contributed by atoms with van der Waals surface area (Å²) in [6, 6.07) is 13.1. The molecule has 2 saturated heterocycles. The van der Waals surface area contributed by atoms with Gasteiger partial charge < -0.3 is 9.64 Å². The maximum atomic E-state index is 13.5. The summed E-state index contributed by atoms with van der Waals surface area (Å²) in [5.41, 5.74) is 2.49. The van der Waals surface area contributed by atoms with Crippen LogP contribution in [-0.2, 0) is 17.7 Å². The number of rotatable bonds is 5. The zero-order chi connectivity index (χ0) is 21.0. The van der Waals surface area contributed by atoms with Gasteiger partial charge in [-0.25, -0.2) is 0 Å². The number of likely N-dealkylation sites (tertiary alicyclic amines) is 1. The Morgan fingerprint density at radius 3 is 2.81 bits per heavy atom. The number of ether oxygens (including phenoxy) is 1. The largest absolute Gasteiger partial charge is 0.378 e. The van der Waals surface area contributed by atoms with E-state index in [1.165, 1.54) is 40.5 Å². The van der Waals surface area contributed by atoms with Gasteiger partial charge in [-0.3, -0.25) is 14.7 Å². The second kappa shape index (κ2) is 9.47. The van der Waals surface area contributed by atoms with Crippen LogP contribution < -0.4 is 0 Å². The van der Waals surface area contributed by atoms with Gasteiger partial charge >= 0.3 is 0 Å². The molecule has 2 fully saturated rings. The number of piperidine rings is 1. The number of amides is 1. The van der Waals surface area contributed by atoms with Crippen LogP contribution in [0.5, 0.6) is 0 Å². The number of carbonyl (C=O) groups is 1. The van der Waals surface area contributed by atoms with E-state index < -0.39 is 0 Å². The van der Waals surface area contributed by atoms with E-state index in [0.717, 1.165) is 24.4 Å². The third kappa shape index (κ3) is 4.52. The normalized spacial score (nSPS) is 20.3. The van der Waals surface area contributed by atoms with Gasteiger partial charge in [0.2, 0.25) is 0 Å². The van der Waals surface area contributed by atoms with Crippen LogP contribution in [0.4, 0.5) is 0 Å². The maximum Gasteiger partial charge on any atom is 0.264 e. The van der Waals surface area contributed by atoms with Crippen molar-refractivity contribution in [1.82, 2.24) is 14.8 Å². The first-order valence-electron chi connectivity index (χ1n) is 11.3. The van der Waals surface area contributed by atoms with Gasteiger partial charge in [-0.15, -0.1) is 11.3 Å². The van der Waals surface area contributed by atoms with Gasteiger partial charge in [0, 0.05) is 42.8 Å². The first-order chi connectivity index (χ1) is 15.3. The number of hydrogen-bond acceptors (Lipinski definition) is 5. The Morgan fingerprint density at radius 2 is 1.97 bits per heavy atom. The maximum absolute atomic E-state index is 13.5. The summed E-state index contributed by atoms with van der Waals surface area (Å²) in [4.78, 5) is 23.2. The second-order valence-corrected chi connectivity index (χ2v) is 9.55. The summed E-state index contributed by atoms with van der Waals surface area (Å²) < 4.78 is 6.68. The molecule has 2 aliphatic heterocycles. The van der Waals surface area contributed by atoms with Gasteiger partial charge in [0.05, 0.1) is 18.1 Å². The highest BCUT2D eigenvalue weighted by Gasteiger charge is 2.29. The summed E-state index contributed by atoms with van der Waals surface area (Å²) in [5.74, 6) is 0.175. The van der Waals surface area contributed by atoms with Gasteiger partial charge in [-0.2, -0.15) is 0 Å². The van der Waals surface area contributed by atoms with Crippen LogP contribution in [0.2, 0.25) is 0 Å². The number of hydrogen-bond donors (Lipinski definition) is 0. The summed E-state index contributed by atoms with van der Waals surface area (Å²) in [6.07, 6.45) is 8.40. The van der Waals surface area contributed by atoms with E-state index in [-0.39, 0.29) is 5.91 Å². The van der Waals surface area contributed by atoms with Crippen LogP contribution in [0.3, 0.4) is 0 Å². The number of morpholine rings is 1. The molecule has 4 heterocycles. The van der Waals surface area contributed by atoms with E-state index in [1.807, 2.05) is 23.4 Å². The van der Waals surface area contributed by atoms with Crippen molar-refractivity contribution in [2.45, 2.75) is 38.3 Å². The number of pyridine rings is 1. The molecule has 5 rings (SSSR count). The van der Waals surface area contributed by atoms with E-state index >= 15 is 0 Å². The van der Waals surface area contributed by atoms with Crippen molar-refractivity contribution in [2.24, 2.45) is 0 Å². The van der Waals surface area contributed by atoms with Crippen molar-refractivity contribution in [2.75, 3.05) is 32.8 Å². The quantitative estimate of drug-likeness (QED) is 0.597. The molecule has 2 aromatic heterocycles. The number of benzene rings is 1. The van der Waals surface area contributed by atoms with Crippen LogP contribution in [-0.4, -0.2) is 59.6 Å². The molecular weight excluding hydrogens is 406 g/mol. The molecule has 2 aliphatic rings. The Morgan fingerprint density at radius 1 is 1.10 bits per heavy atom. The molecule has 0 aliphatic carbocycles. The molecule has 1 amide bonds. The zero-order valence-electron chi connectivity index (χ0n) is 17.8. The lowest BCUT2D eigenvalue weighted by Crippen LogP contribution is -2.42. The van der Waals surface area contributed by atoms with Gasteiger partial charge in [-0.05, 0) is 54.5 Å². The summed E-state index contributed by atoms with van der Waals surface area (Å²) in [6.45, 7) is 4.66. The third-order valence-corrected chi connectivity index (χ3v) is 7.69. The number of thiophene rings is 1. The minimum Gasteiger partial charge on any atom is -0.378 e. The first-order valence-corrected chi connectivity index (χ1v) is 12.1. The average Bonchev–Trinajstić information content (AvgIpc) is 3.19. The summed E-state index contributed by atoms with van der Waals surface area (Å²) in [5, 5.41) is 1.25. The van der Waals surface area contributed by atoms with Gasteiger partial charge in [0.25, 0.3) is 5.91 Å². The summed E-state index contributed by atoms with van der Waals surface area (Å²) in [7, 11) is 0. The Kier molecular flexibility index (Phi) is 6.30. The molecular formula is C25H29N3O2S. The lowest BCUT2D eigenvalue weighted by atomic mass is 9.93. The van der Waals surface area contributed by atoms with Gasteiger partial charge in [-0.1, -0.05) is 30.7 Å². The van der Waals surface area contributed by atoms with E-state index in [0.29, 0.717) is 32.3 Å². The van der Waals surface area contributed by atoms with E-state index in [9.17, 15) is 4.79 Å². The number of fused-ring (bicyclic) bond motifs is 1. The molecule has 0 saturated carbocycles. The third-order valence-electron chi connectivity index (χ3n) is 6.49. The Labute approximate surface area is 187 Å². The van der Waals surface area contributed by atoms with Crippen LogP contribution in [0.1, 0.15) is 40.1 Å². The molecule has 0 bridgehead atoms. The van der Waals surface area contributed by atoms with Crippen LogP contribution in [0.15, 0.2) is 48.8 Å². The van der Waals surface area contributed by atoms with Gasteiger partial charge in [0.1, 0.15) is 0 Å². The fourth-order valence-electron chi connectivity index (χ4n) is 4.85. The van der Waals surface area contributed by atoms with Crippen molar-refractivity contribution in [3.8, 4) is 0 Å². The van der Waals surface area contributed by atoms with E-state index in [2.05, 4.69) is 40.2 Å². The molecule has 3 aromatic rings. The molecule has 31 heavy (non-hydrogen) atoms. The average molecular weight is 436 g/mol. The Hall–Kier alpha value is -2.28. The second-order valence-electron chi connectivity index (χ2n) is 8.50.